The summed E-state index contributed by atoms with van der Waals surface area (Å²) in [5.41, 5.74) is -0.707. The molecule has 0 saturated carbocycles. The molecule has 0 aliphatic carbocycles. The fourth-order valence-electron chi connectivity index (χ4n) is 3.47. The van der Waals surface area contributed by atoms with E-state index in [0.29, 0.717) is 12.1 Å². The molecule has 0 aromatic heterocycles. The second-order valence-corrected chi connectivity index (χ2v) is 7.13. The van der Waals surface area contributed by atoms with Gasteiger partial charge in [0.1, 0.15) is 6.04 Å². The van der Waals surface area contributed by atoms with E-state index in [2.05, 4.69) is 24.1 Å². The molecule has 1 fully saturated rings. The standard InChI is InChI=1S/C16H30N2O3/c1-10(2)13(14(19)20)17-15(21)16(5,6)18-11(3)8-7-9-12(18)4/h10-13H,7-9H2,1-6H3,(H,17,21)(H,19,20). The molecular formula is C16H30N2O3. The Kier molecular flexibility index (Phi) is 5.79. The van der Waals surface area contributed by atoms with Crippen LogP contribution in [0.15, 0.2) is 0 Å². The van der Waals surface area contributed by atoms with E-state index < -0.39 is 17.6 Å². The number of nitrogens with zero attached hydrogens (tertiary/aromatic N) is 1. The number of carbonyl (C=O) groups is 2. The maximum absolute atomic E-state index is 12.7. The minimum absolute atomic E-state index is 0.140. The lowest BCUT2D eigenvalue weighted by atomic mass is 9.88. The molecule has 1 aliphatic rings. The third kappa shape index (κ3) is 3.96. The third-order valence-corrected chi connectivity index (χ3v) is 4.61. The lowest BCUT2D eigenvalue weighted by Gasteiger charge is -2.48. The van der Waals surface area contributed by atoms with Gasteiger partial charge in [0.2, 0.25) is 5.91 Å². The van der Waals surface area contributed by atoms with Crippen molar-refractivity contribution in [3.8, 4) is 0 Å². The number of carboxylic acid groups (broad SMARTS) is 1. The van der Waals surface area contributed by atoms with Gasteiger partial charge in [0, 0.05) is 12.1 Å². The van der Waals surface area contributed by atoms with E-state index in [1.165, 1.54) is 6.42 Å². The number of hydrogen-bond acceptors (Lipinski definition) is 3. The molecular weight excluding hydrogens is 268 g/mol. The fraction of sp³-hybridized carbons (Fsp3) is 0.875. The van der Waals surface area contributed by atoms with Gasteiger partial charge in [-0.15, -0.1) is 0 Å². The molecule has 0 radical (unpaired) electrons. The van der Waals surface area contributed by atoms with Crippen LogP contribution in [0.2, 0.25) is 0 Å². The molecule has 0 spiro atoms. The summed E-state index contributed by atoms with van der Waals surface area (Å²) in [6.45, 7) is 11.7. The highest BCUT2D eigenvalue weighted by Crippen LogP contribution is 2.30. The van der Waals surface area contributed by atoms with Crippen LogP contribution >= 0.6 is 0 Å². The predicted molar refractivity (Wildman–Crippen MR) is 83.1 cm³/mol. The highest BCUT2D eigenvalue weighted by molar-refractivity contribution is 5.89. The van der Waals surface area contributed by atoms with Crippen molar-refractivity contribution < 1.29 is 14.7 Å². The first-order chi connectivity index (χ1) is 9.59. The third-order valence-electron chi connectivity index (χ3n) is 4.61. The highest BCUT2D eigenvalue weighted by atomic mass is 16.4. The molecule has 1 saturated heterocycles. The topological polar surface area (TPSA) is 69.6 Å². The van der Waals surface area contributed by atoms with Crippen molar-refractivity contribution in [3.05, 3.63) is 0 Å². The van der Waals surface area contributed by atoms with E-state index in [1.807, 2.05) is 13.8 Å². The number of hydrogen-bond donors (Lipinski definition) is 2. The number of nitrogens with one attached hydrogen (secondary N) is 1. The van der Waals surface area contributed by atoms with Gasteiger partial charge >= 0.3 is 5.97 Å². The molecule has 0 aromatic carbocycles. The van der Waals surface area contributed by atoms with Crippen LogP contribution in [0, 0.1) is 5.92 Å². The second kappa shape index (κ2) is 6.77. The van der Waals surface area contributed by atoms with E-state index in [1.54, 1.807) is 13.8 Å². The Bertz CT molecular complexity index is 383. The van der Waals surface area contributed by atoms with Gasteiger partial charge in [-0.05, 0) is 46.5 Å². The molecule has 5 heteroatoms. The zero-order valence-corrected chi connectivity index (χ0v) is 14.1. The summed E-state index contributed by atoms with van der Waals surface area (Å²) in [5, 5.41) is 12.0. The van der Waals surface area contributed by atoms with Crippen LogP contribution in [0.4, 0.5) is 0 Å². The number of carbonyl (C=O) groups excluding carboxylic acids is 1. The molecule has 5 nitrogen and oxygen atoms in total. The van der Waals surface area contributed by atoms with E-state index >= 15 is 0 Å². The maximum Gasteiger partial charge on any atom is 0.326 e. The minimum atomic E-state index is -0.978. The van der Waals surface area contributed by atoms with Crippen molar-refractivity contribution in [2.24, 2.45) is 5.92 Å². The van der Waals surface area contributed by atoms with Crippen LogP contribution in [0.5, 0.6) is 0 Å². The van der Waals surface area contributed by atoms with Crippen LogP contribution in [0.3, 0.4) is 0 Å². The lowest BCUT2D eigenvalue weighted by molar-refractivity contribution is -0.147. The van der Waals surface area contributed by atoms with E-state index in [-0.39, 0.29) is 11.8 Å². The Morgan fingerprint density at radius 1 is 1.19 bits per heavy atom. The van der Waals surface area contributed by atoms with Gasteiger partial charge in [-0.25, -0.2) is 4.79 Å². The summed E-state index contributed by atoms with van der Waals surface area (Å²) < 4.78 is 0. The van der Waals surface area contributed by atoms with Crippen molar-refractivity contribution in [3.63, 3.8) is 0 Å². The molecule has 2 N–H and O–H groups in total. The molecule has 0 bridgehead atoms. The van der Waals surface area contributed by atoms with Crippen molar-refractivity contribution in [1.29, 1.82) is 0 Å². The Labute approximate surface area is 128 Å². The highest BCUT2D eigenvalue weighted by Gasteiger charge is 2.42. The van der Waals surface area contributed by atoms with Crippen molar-refractivity contribution >= 4 is 11.9 Å². The number of carboxylic acids is 1. The first kappa shape index (κ1) is 18.0. The molecule has 3 unspecified atom stereocenters. The molecule has 1 amide bonds. The smallest absolute Gasteiger partial charge is 0.326 e. The Morgan fingerprint density at radius 2 is 1.67 bits per heavy atom. The first-order valence-electron chi connectivity index (χ1n) is 7.91. The number of likely N-dealkylation sites (tertiary alicyclic amines) is 1. The summed E-state index contributed by atoms with van der Waals surface area (Å²) in [4.78, 5) is 26.2. The first-order valence-corrected chi connectivity index (χ1v) is 7.91. The van der Waals surface area contributed by atoms with E-state index in [4.69, 9.17) is 0 Å². The lowest BCUT2D eigenvalue weighted by Crippen LogP contribution is -2.63. The average molecular weight is 298 g/mol. The Hall–Kier alpha value is -1.10. The largest absolute Gasteiger partial charge is 0.480 e. The molecule has 122 valence electrons. The van der Waals surface area contributed by atoms with Gasteiger partial charge in [-0.2, -0.15) is 0 Å². The van der Waals surface area contributed by atoms with Crippen LogP contribution in [-0.2, 0) is 9.59 Å². The Balaban J connectivity index is 2.89. The molecule has 21 heavy (non-hydrogen) atoms. The van der Waals surface area contributed by atoms with Crippen LogP contribution < -0.4 is 5.32 Å². The summed E-state index contributed by atoms with van der Waals surface area (Å²) >= 11 is 0. The van der Waals surface area contributed by atoms with Crippen LogP contribution in [0.25, 0.3) is 0 Å². The van der Waals surface area contributed by atoms with Gasteiger partial charge in [0.15, 0.2) is 0 Å². The molecule has 1 aliphatic heterocycles. The van der Waals surface area contributed by atoms with Crippen molar-refractivity contribution in [1.82, 2.24) is 10.2 Å². The zero-order valence-electron chi connectivity index (χ0n) is 14.1. The maximum atomic E-state index is 12.7. The van der Waals surface area contributed by atoms with Gasteiger partial charge in [-0.1, -0.05) is 20.3 Å². The van der Waals surface area contributed by atoms with Crippen molar-refractivity contribution in [2.75, 3.05) is 0 Å². The number of aliphatic carboxylic acids is 1. The number of piperidine rings is 1. The second-order valence-electron chi connectivity index (χ2n) is 7.13. The minimum Gasteiger partial charge on any atom is -0.480 e. The Morgan fingerprint density at radius 3 is 2.05 bits per heavy atom. The monoisotopic (exact) mass is 298 g/mol. The summed E-state index contributed by atoms with van der Waals surface area (Å²) in [7, 11) is 0. The van der Waals surface area contributed by atoms with Crippen LogP contribution in [0.1, 0.15) is 60.8 Å². The van der Waals surface area contributed by atoms with Gasteiger partial charge in [-0.3, -0.25) is 9.69 Å². The van der Waals surface area contributed by atoms with Gasteiger partial charge < -0.3 is 10.4 Å². The van der Waals surface area contributed by atoms with Crippen LogP contribution in [-0.4, -0.2) is 45.5 Å². The summed E-state index contributed by atoms with van der Waals surface area (Å²) in [5.74, 6) is -1.32. The predicted octanol–water partition coefficient (Wildman–Crippen LogP) is 2.25. The summed E-state index contributed by atoms with van der Waals surface area (Å²) in [6.07, 6.45) is 3.33. The quantitative estimate of drug-likeness (QED) is 0.817. The summed E-state index contributed by atoms with van der Waals surface area (Å²) in [6, 6.07) is -0.180. The van der Waals surface area contributed by atoms with E-state index in [9.17, 15) is 14.7 Å². The normalized spacial score (nSPS) is 25.7. The molecule has 0 aromatic rings. The zero-order chi connectivity index (χ0) is 16.4. The number of amides is 1. The number of rotatable bonds is 5. The fourth-order valence-corrected chi connectivity index (χ4v) is 3.47. The molecule has 1 heterocycles. The SMILES string of the molecule is CC(C)C(NC(=O)C(C)(C)N1C(C)CCCC1C)C(=O)O. The van der Waals surface area contributed by atoms with Gasteiger partial charge in [0.25, 0.3) is 0 Å². The van der Waals surface area contributed by atoms with Crippen molar-refractivity contribution in [2.45, 2.75) is 84.5 Å². The average Bonchev–Trinajstić information content (AvgIpc) is 2.34. The van der Waals surface area contributed by atoms with Gasteiger partial charge in [0.05, 0.1) is 5.54 Å². The molecule has 1 rings (SSSR count). The molecule has 3 atom stereocenters. The van der Waals surface area contributed by atoms with E-state index in [0.717, 1.165) is 12.8 Å².